The first-order valence-corrected chi connectivity index (χ1v) is 11.5. The van der Waals surface area contributed by atoms with Gasteiger partial charge in [-0.1, -0.05) is 24.8 Å². The summed E-state index contributed by atoms with van der Waals surface area (Å²) in [7, 11) is 0. The number of hydrogen-bond acceptors (Lipinski definition) is 8. The fourth-order valence-electron chi connectivity index (χ4n) is 2.96. The molecule has 0 saturated heterocycles. The van der Waals surface area contributed by atoms with Crippen molar-refractivity contribution in [3.63, 3.8) is 0 Å². The van der Waals surface area contributed by atoms with Gasteiger partial charge in [0.15, 0.2) is 0 Å². The number of carbonyl (C=O) groups is 4. The van der Waals surface area contributed by atoms with Crippen LogP contribution in [-0.2, 0) is 14.3 Å². The van der Waals surface area contributed by atoms with Crippen LogP contribution in [0.2, 0.25) is 0 Å². The minimum absolute atomic E-state index is 0.176. The van der Waals surface area contributed by atoms with Crippen molar-refractivity contribution in [2.75, 3.05) is 13.2 Å². The van der Waals surface area contributed by atoms with E-state index in [4.69, 9.17) is 18.9 Å². The highest BCUT2D eigenvalue weighted by Crippen LogP contribution is 2.17. The van der Waals surface area contributed by atoms with Gasteiger partial charge < -0.3 is 18.9 Å². The molecule has 0 aliphatic rings. The van der Waals surface area contributed by atoms with E-state index in [1.807, 2.05) is 6.07 Å². The van der Waals surface area contributed by atoms with Crippen LogP contribution in [0.1, 0.15) is 50.8 Å². The van der Waals surface area contributed by atoms with Gasteiger partial charge in [-0.2, -0.15) is 0 Å². The molecule has 3 aromatic rings. The predicted molar refractivity (Wildman–Crippen MR) is 135 cm³/mol. The SMILES string of the molecule is C=C(C)C(=O)OCCCCOC(=O)c1ccc(OC(=O)c2ccc(C(=O)Oc3ccccc3)cc2)cc1. The summed E-state index contributed by atoms with van der Waals surface area (Å²) in [5.74, 6) is -1.46. The van der Waals surface area contributed by atoms with Gasteiger partial charge in [0.2, 0.25) is 0 Å². The van der Waals surface area contributed by atoms with E-state index in [1.165, 1.54) is 48.5 Å². The predicted octanol–water partition coefficient (Wildman–Crippen LogP) is 5.18. The normalized spacial score (nSPS) is 10.2. The van der Waals surface area contributed by atoms with Crippen molar-refractivity contribution in [1.82, 2.24) is 0 Å². The maximum Gasteiger partial charge on any atom is 0.343 e. The molecule has 0 spiro atoms. The summed E-state index contributed by atoms with van der Waals surface area (Å²) >= 11 is 0. The van der Waals surface area contributed by atoms with E-state index in [0.717, 1.165) is 0 Å². The van der Waals surface area contributed by atoms with Gasteiger partial charge >= 0.3 is 23.9 Å². The van der Waals surface area contributed by atoms with Crippen molar-refractivity contribution in [2.45, 2.75) is 19.8 Å². The summed E-state index contributed by atoms with van der Waals surface area (Å²) in [6.07, 6.45) is 1.09. The highest BCUT2D eigenvalue weighted by molar-refractivity contribution is 5.95. The number of hydrogen-bond donors (Lipinski definition) is 0. The molecule has 0 amide bonds. The summed E-state index contributed by atoms with van der Waals surface area (Å²) in [4.78, 5) is 48.1. The smallest absolute Gasteiger partial charge is 0.343 e. The summed E-state index contributed by atoms with van der Waals surface area (Å²) in [6.45, 7) is 5.47. The van der Waals surface area contributed by atoms with Crippen LogP contribution in [0.25, 0.3) is 0 Å². The van der Waals surface area contributed by atoms with Crippen molar-refractivity contribution in [3.8, 4) is 11.5 Å². The van der Waals surface area contributed by atoms with Crippen molar-refractivity contribution in [1.29, 1.82) is 0 Å². The Balaban J connectivity index is 1.43. The highest BCUT2D eigenvalue weighted by atomic mass is 16.5. The zero-order chi connectivity index (χ0) is 26.6. The van der Waals surface area contributed by atoms with Crippen LogP contribution in [0, 0.1) is 0 Å². The zero-order valence-electron chi connectivity index (χ0n) is 20.3. The van der Waals surface area contributed by atoms with Gasteiger partial charge in [0, 0.05) is 5.57 Å². The van der Waals surface area contributed by atoms with Crippen LogP contribution in [-0.4, -0.2) is 37.1 Å². The molecule has 0 unspecified atom stereocenters. The van der Waals surface area contributed by atoms with Crippen molar-refractivity contribution < 1.29 is 38.1 Å². The second-order valence-corrected chi connectivity index (χ2v) is 7.95. The minimum atomic E-state index is -0.620. The van der Waals surface area contributed by atoms with Gasteiger partial charge in [0.25, 0.3) is 0 Å². The molecule has 0 aliphatic carbocycles. The molecule has 0 aliphatic heterocycles. The molecule has 0 heterocycles. The van der Waals surface area contributed by atoms with Crippen LogP contribution in [0.15, 0.2) is 91.0 Å². The minimum Gasteiger partial charge on any atom is -0.462 e. The summed E-state index contributed by atoms with van der Waals surface area (Å²) in [5, 5.41) is 0. The van der Waals surface area contributed by atoms with E-state index in [9.17, 15) is 19.2 Å². The van der Waals surface area contributed by atoms with Gasteiger partial charge in [0.05, 0.1) is 29.9 Å². The Morgan fingerprint density at radius 2 is 1.03 bits per heavy atom. The number of ether oxygens (including phenoxy) is 4. The summed E-state index contributed by atoms with van der Waals surface area (Å²) < 4.78 is 20.8. The second-order valence-electron chi connectivity index (χ2n) is 7.95. The molecule has 0 fully saturated rings. The maximum absolute atomic E-state index is 12.4. The van der Waals surface area contributed by atoms with E-state index in [-0.39, 0.29) is 30.1 Å². The van der Waals surface area contributed by atoms with Gasteiger partial charge in [-0.25, -0.2) is 19.2 Å². The lowest BCUT2D eigenvalue weighted by Crippen LogP contribution is -2.11. The Hall–Kier alpha value is -4.72. The number of rotatable bonds is 11. The Bertz CT molecular complexity index is 1250. The van der Waals surface area contributed by atoms with Gasteiger partial charge in [-0.05, 0) is 80.4 Å². The largest absolute Gasteiger partial charge is 0.462 e. The molecule has 0 atom stereocenters. The van der Waals surface area contributed by atoms with Crippen LogP contribution in [0.4, 0.5) is 0 Å². The third-order valence-electron chi connectivity index (χ3n) is 4.96. The Labute approximate surface area is 214 Å². The fraction of sp³-hybridized carbons (Fsp3) is 0.172. The number of unbranched alkanes of at least 4 members (excludes halogenated alkanes) is 1. The van der Waals surface area contributed by atoms with Crippen LogP contribution >= 0.6 is 0 Å². The Kier molecular flexibility index (Phi) is 9.73. The van der Waals surface area contributed by atoms with Crippen molar-refractivity contribution in [2.24, 2.45) is 0 Å². The molecule has 0 bridgehead atoms. The maximum atomic E-state index is 12.4. The van der Waals surface area contributed by atoms with Gasteiger partial charge in [-0.3, -0.25) is 0 Å². The lowest BCUT2D eigenvalue weighted by atomic mass is 10.1. The molecule has 3 rings (SSSR count). The van der Waals surface area contributed by atoms with E-state index in [2.05, 4.69) is 6.58 Å². The van der Waals surface area contributed by atoms with Crippen LogP contribution in [0.3, 0.4) is 0 Å². The lowest BCUT2D eigenvalue weighted by Gasteiger charge is -2.08. The first-order chi connectivity index (χ1) is 17.8. The van der Waals surface area contributed by atoms with Crippen LogP contribution in [0.5, 0.6) is 11.5 Å². The van der Waals surface area contributed by atoms with Crippen molar-refractivity contribution in [3.05, 3.63) is 108 Å². The zero-order valence-corrected chi connectivity index (χ0v) is 20.3. The molecule has 8 heteroatoms. The van der Waals surface area contributed by atoms with Gasteiger partial charge in [0.1, 0.15) is 11.5 Å². The number of carbonyl (C=O) groups excluding carboxylic acids is 4. The molecule has 0 N–H and O–H groups in total. The topological polar surface area (TPSA) is 105 Å². The number of esters is 4. The second kappa shape index (κ2) is 13.4. The average Bonchev–Trinajstić information content (AvgIpc) is 2.91. The number of benzene rings is 3. The first kappa shape index (κ1) is 26.9. The molecule has 0 radical (unpaired) electrons. The molecule has 0 aromatic heterocycles. The molecule has 3 aromatic carbocycles. The quantitative estimate of drug-likeness (QED) is 0.153. The monoisotopic (exact) mass is 502 g/mol. The molecular formula is C29H26O8. The summed E-state index contributed by atoms with van der Waals surface area (Å²) in [6, 6.07) is 20.5. The third-order valence-corrected chi connectivity index (χ3v) is 4.96. The van der Waals surface area contributed by atoms with E-state index < -0.39 is 23.9 Å². The average molecular weight is 503 g/mol. The first-order valence-electron chi connectivity index (χ1n) is 11.5. The van der Waals surface area contributed by atoms with Crippen LogP contribution < -0.4 is 9.47 Å². The molecule has 190 valence electrons. The molecule has 8 nitrogen and oxygen atoms in total. The standard InChI is InChI=1S/C29H26O8/c1-20(2)26(30)34-18-6-7-19-35-27(31)21-14-16-25(17-15-21)37-29(33)23-12-10-22(11-13-23)28(32)36-24-8-4-3-5-9-24/h3-5,8-17H,1,6-7,18-19H2,2H3. The van der Waals surface area contributed by atoms with Crippen molar-refractivity contribution >= 4 is 23.9 Å². The highest BCUT2D eigenvalue weighted by Gasteiger charge is 2.13. The Morgan fingerprint density at radius 1 is 0.595 bits per heavy atom. The lowest BCUT2D eigenvalue weighted by molar-refractivity contribution is -0.139. The third kappa shape index (κ3) is 8.47. The van der Waals surface area contributed by atoms with E-state index in [1.54, 1.807) is 31.2 Å². The van der Waals surface area contributed by atoms with E-state index in [0.29, 0.717) is 29.7 Å². The van der Waals surface area contributed by atoms with E-state index >= 15 is 0 Å². The summed E-state index contributed by atoms with van der Waals surface area (Å²) in [5.41, 5.74) is 1.17. The Morgan fingerprint density at radius 3 is 1.54 bits per heavy atom. The molecule has 0 saturated carbocycles. The van der Waals surface area contributed by atoms with Gasteiger partial charge in [-0.15, -0.1) is 0 Å². The number of para-hydroxylation sites is 1. The fourth-order valence-corrected chi connectivity index (χ4v) is 2.96. The molecule has 37 heavy (non-hydrogen) atoms. The molecular weight excluding hydrogens is 476 g/mol.